The number of nitrogens with zero attached hydrogens (tertiary/aromatic N) is 3. The van der Waals surface area contributed by atoms with Gasteiger partial charge in [-0.3, -0.25) is 9.59 Å². The van der Waals surface area contributed by atoms with Crippen molar-refractivity contribution >= 4 is 46.5 Å². The standard InChI is InChI=1S/C24H20Cl2FN3O4/c1-14(24(32)33)13-29-8-9-30(20-5-3-2-4-19(20)29)23(31)17-11-16(27)12-28-22(17)34-21-10-15(25)6-7-18(21)26/h2-7,10-12,14H,8-9,13H2,1H3,(H,32,33). The van der Waals surface area contributed by atoms with E-state index in [1.54, 1.807) is 25.1 Å². The van der Waals surface area contributed by atoms with E-state index in [1.807, 2.05) is 17.0 Å². The second-order valence-corrected chi connectivity index (χ2v) is 8.66. The van der Waals surface area contributed by atoms with Crippen molar-refractivity contribution in [1.29, 1.82) is 0 Å². The topological polar surface area (TPSA) is 83.0 Å². The molecule has 0 radical (unpaired) electrons. The normalized spacial score (nSPS) is 13.9. The van der Waals surface area contributed by atoms with Crippen LogP contribution in [0.15, 0.2) is 54.7 Å². The summed E-state index contributed by atoms with van der Waals surface area (Å²) >= 11 is 12.2. The number of para-hydroxylation sites is 2. The van der Waals surface area contributed by atoms with Gasteiger partial charge in [-0.2, -0.15) is 0 Å². The molecule has 1 aliphatic rings. The highest BCUT2D eigenvalue weighted by atomic mass is 35.5. The molecule has 2 heterocycles. The molecule has 3 aromatic rings. The molecule has 0 saturated heterocycles. The summed E-state index contributed by atoms with van der Waals surface area (Å²) in [5, 5.41) is 9.92. The number of fused-ring (bicyclic) bond motifs is 1. The number of amides is 1. The third kappa shape index (κ3) is 4.93. The number of carbonyl (C=O) groups excluding carboxylic acids is 1. The van der Waals surface area contributed by atoms with Gasteiger partial charge in [0.1, 0.15) is 17.1 Å². The first-order valence-corrected chi connectivity index (χ1v) is 11.2. The fourth-order valence-electron chi connectivity index (χ4n) is 3.70. The van der Waals surface area contributed by atoms with Crippen molar-refractivity contribution in [2.45, 2.75) is 6.92 Å². The molecule has 1 unspecified atom stereocenters. The summed E-state index contributed by atoms with van der Waals surface area (Å²) in [6, 6.07) is 12.8. The predicted octanol–water partition coefficient (Wildman–Crippen LogP) is 5.51. The molecule has 0 saturated carbocycles. The van der Waals surface area contributed by atoms with Gasteiger partial charge < -0.3 is 19.6 Å². The third-order valence-corrected chi connectivity index (χ3v) is 5.96. The molecule has 10 heteroatoms. The van der Waals surface area contributed by atoms with Crippen LogP contribution >= 0.6 is 23.2 Å². The number of carboxylic acid groups (broad SMARTS) is 1. The van der Waals surface area contributed by atoms with Crippen LogP contribution in [-0.2, 0) is 4.79 Å². The maximum Gasteiger partial charge on any atom is 0.308 e. The fraction of sp³-hybridized carbons (Fsp3) is 0.208. The quantitative estimate of drug-likeness (QED) is 0.477. The van der Waals surface area contributed by atoms with Crippen molar-refractivity contribution in [2.24, 2.45) is 5.92 Å². The number of hydrogen-bond donors (Lipinski definition) is 1. The van der Waals surface area contributed by atoms with E-state index in [4.69, 9.17) is 27.9 Å². The zero-order chi connectivity index (χ0) is 24.4. The summed E-state index contributed by atoms with van der Waals surface area (Å²) in [6.45, 7) is 2.58. The number of hydrogen-bond acceptors (Lipinski definition) is 5. The average Bonchev–Trinajstić information content (AvgIpc) is 2.82. The maximum atomic E-state index is 14.1. The highest BCUT2D eigenvalue weighted by Gasteiger charge is 2.31. The minimum Gasteiger partial charge on any atom is -0.481 e. The number of benzene rings is 2. The lowest BCUT2D eigenvalue weighted by molar-refractivity contribution is -0.140. The number of aliphatic carboxylic acids is 1. The smallest absolute Gasteiger partial charge is 0.308 e. The predicted molar refractivity (Wildman–Crippen MR) is 128 cm³/mol. The van der Waals surface area contributed by atoms with E-state index in [-0.39, 0.29) is 35.3 Å². The lowest BCUT2D eigenvalue weighted by Gasteiger charge is -2.38. The minimum absolute atomic E-state index is 0.0850. The van der Waals surface area contributed by atoms with Crippen LogP contribution in [0.1, 0.15) is 17.3 Å². The van der Waals surface area contributed by atoms with Gasteiger partial charge in [-0.05, 0) is 30.3 Å². The first-order valence-electron chi connectivity index (χ1n) is 10.4. The first kappa shape index (κ1) is 23.8. The Balaban J connectivity index is 1.68. The number of aromatic nitrogens is 1. The van der Waals surface area contributed by atoms with E-state index >= 15 is 0 Å². The average molecular weight is 504 g/mol. The molecular weight excluding hydrogens is 484 g/mol. The molecule has 0 spiro atoms. The van der Waals surface area contributed by atoms with Gasteiger partial charge in [0.05, 0.1) is 28.5 Å². The van der Waals surface area contributed by atoms with Gasteiger partial charge in [-0.15, -0.1) is 0 Å². The molecule has 2 aromatic carbocycles. The van der Waals surface area contributed by atoms with Crippen LogP contribution in [0.4, 0.5) is 15.8 Å². The lowest BCUT2D eigenvalue weighted by Crippen LogP contribution is -2.46. The number of pyridine rings is 1. The van der Waals surface area contributed by atoms with Crippen LogP contribution in [0.2, 0.25) is 10.0 Å². The summed E-state index contributed by atoms with van der Waals surface area (Å²) in [6.07, 6.45) is 0.948. The highest BCUT2D eigenvalue weighted by Crippen LogP contribution is 2.37. The van der Waals surface area contributed by atoms with Crippen molar-refractivity contribution in [3.63, 3.8) is 0 Å². The molecule has 1 amide bonds. The van der Waals surface area contributed by atoms with Gasteiger partial charge in [0.15, 0.2) is 0 Å². The van der Waals surface area contributed by atoms with Gasteiger partial charge in [0.25, 0.3) is 5.91 Å². The van der Waals surface area contributed by atoms with Crippen molar-refractivity contribution in [1.82, 2.24) is 4.98 Å². The van der Waals surface area contributed by atoms with Crippen molar-refractivity contribution in [2.75, 3.05) is 29.4 Å². The molecule has 1 N–H and O–H groups in total. The molecule has 1 aliphatic heterocycles. The SMILES string of the molecule is CC(CN1CCN(C(=O)c2cc(F)cnc2Oc2cc(Cl)ccc2Cl)c2ccccc21)C(=O)O. The molecule has 1 atom stereocenters. The summed E-state index contributed by atoms with van der Waals surface area (Å²) in [7, 11) is 0. The van der Waals surface area contributed by atoms with Crippen molar-refractivity contribution in [3.8, 4) is 11.6 Å². The highest BCUT2D eigenvalue weighted by molar-refractivity contribution is 6.34. The molecule has 1 aromatic heterocycles. The van der Waals surface area contributed by atoms with Crippen LogP contribution in [0.25, 0.3) is 0 Å². The lowest BCUT2D eigenvalue weighted by atomic mass is 10.1. The molecule has 176 valence electrons. The molecule has 7 nitrogen and oxygen atoms in total. The second-order valence-electron chi connectivity index (χ2n) is 7.81. The van der Waals surface area contributed by atoms with Crippen LogP contribution in [0.5, 0.6) is 11.6 Å². The molecule has 4 rings (SSSR count). The van der Waals surface area contributed by atoms with Crippen LogP contribution < -0.4 is 14.5 Å². The summed E-state index contributed by atoms with van der Waals surface area (Å²) in [5.74, 6) is -2.65. The van der Waals surface area contributed by atoms with Crippen molar-refractivity contribution < 1.29 is 23.8 Å². The number of ether oxygens (including phenoxy) is 1. The van der Waals surface area contributed by atoms with E-state index in [0.717, 1.165) is 12.3 Å². The number of rotatable bonds is 6. The number of carbonyl (C=O) groups is 2. The summed E-state index contributed by atoms with van der Waals surface area (Å²) in [4.78, 5) is 32.3. The Morgan fingerprint density at radius 2 is 1.88 bits per heavy atom. The Kier molecular flexibility index (Phi) is 6.90. The van der Waals surface area contributed by atoms with E-state index in [9.17, 15) is 19.1 Å². The third-order valence-electron chi connectivity index (χ3n) is 5.42. The van der Waals surface area contributed by atoms with E-state index in [2.05, 4.69) is 4.98 Å². The fourth-order valence-corrected chi connectivity index (χ4v) is 4.02. The molecular formula is C24H20Cl2FN3O4. The van der Waals surface area contributed by atoms with Crippen molar-refractivity contribution in [3.05, 3.63) is 76.2 Å². The van der Waals surface area contributed by atoms with Crippen LogP contribution in [0, 0.1) is 11.7 Å². The Morgan fingerprint density at radius 3 is 2.62 bits per heavy atom. The Hall–Kier alpha value is -3.36. The zero-order valence-corrected chi connectivity index (χ0v) is 19.6. The Morgan fingerprint density at radius 1 is 1.15 bits per heavy atom. The molecule has 0 fully saturated rings. The molecule has 34 heavy (non-hydrogen) atoms. The van der Waals surface area contributed by atoms with E-state index in [0.29, 0.717) is 22.9 Å². The second kappa shape index (κ2) is 9.87. The first-order chi connectivity index (χ1) is 16.2. The van der Waals surface area contributed by atoms with E-state index < -0.39 is 23.6 Å². The monoisotopic (exact) mass is 503 g/mol. The number of carboxylic acids is 1. The van der Waals surface area contributed by atoms with Gasteiger partial charge >= 0.3 is 5.97 Å². The minimum atomic E-state index is -0.900. The van der Waals surface area contributed by atoms with Gasteiger partial charge in [-0.1, -0.05) is 42.3 Å². The summed E-state index contributed by atoms with van der Waals surface area (Å²) < 4.78 is 19.9. The molecule has 0 bridgehead atoms. The molecule has 0 aliphatic carbocycles. The van der Waals surface area contributed by atoms with E-state index in [1.165, 1.54) is 17.0 Å². The largest absolute Gasteiger partial charge is 0.481 e. The number of halogens is 3. The van der Waals surface area contributed by atoms with Gasteiger partial charge in [0.2, 0.25) is 5.88 Å². The Bertz CT molecular complexity index is 1260. The summed E-state index contributed by atoms with van der Waals surface area (Å²) in [5.41, 5.74) is 1.20. The maximum absolute atomic E-state index is 14.1. The zero-order valence-electron chi connectivity index (χ0n) is 18.0. The Labute approximate surface area is 205 Å². The number of anilines is 2. The van der Waals surface area contributed by atoms with Gasteiger partial charge in [0, 0.05) is 30.7 Å². The van der Waals surface area contributed by atoms with Gasteiger partial charge in [-0.25, -0.2) is 9.37 Å². The van der Waals surface area contributed by atoms with Crippen LogP contribution in [-0.4, -0.2) is 41.6 Å². The van der Waals surface area contributed by atoms with Crippen LogP contribution in [0.3, 0.4) is 0 Å².